The zero-order valence-electron chi connectivity index (χ0n) is 6.07. The summed E-state index contributed by atoms with van der Waals surface area (Å²) >= 11 is 4.77. The molecule has 1 aromatic heterocycles. The summed E-state index contributed by atoms with van der Waals surface area (Å²) in [5.41, 5.74) is 6.07. The van der Waals surface area contributed by atoms with E-state index in [2.05, 4.69) is 4.98 Å². The number of hydrogen-bond donors (Lipinski definition) is 1. The second-order valence-electron chi connectivity index (χ2n) is 1.94. The van der Waals surface area contributed by atoms with Crippen molar-refractivity contribution in [2.45, 2.75) is 0 Å². The molecule has 0 bridgehead atoms. The first-order valence-corrected chi connectivity index (χ1v) is 3.44. The maximum absolute atomic E-state index is 5.40. The predicted molar refractivity (Wildman–Crippen MR) is 46.7 cm³/mol. The largest absolute Gasteiger partial charge is 0.496 e. The van der Waals surface area contributed by atoms with Crippen molar-refractivity contribution in [1.82, 2.24) is 4.98 Å². The van der Waals surface area contributed by atoms with Gasteiger partial charge in [-0.05, 0) is 6.07 Å². The Labute approximate surface area is 70.2 Å². The van der Waals surface area contributed by atoms with E-state index < -0.39 is 0 Å². The Hall–Kier alpha value is -1.16. The molecule has 0 saturated heterocycles. The Balaban J connectivity index is 3.12. The van der Waals surface area contributed by atoms with Crippen LogP contribution < -0.4 is 10.5 Å². The minimum Gasteiger partial charge on any atom is -0.496 e. The highest BCUT2D eigenvalue weighted by atomic mass is 32.1. The van der Waals surface area contributed by atoms with Gasteiger partial charge in [-0.2, -0.15) is 0 Å². The summed E-state index contributed by atoms with van der Waals surface area (Å²) < 4.78 is 5.00. The summed E-state index contributed by atoms with van der Waals surface area (Å²) in [6, 6.07) is 1.72. The highest BCUT2D eigenvalue weighted by Gasteiger charge is 2.03. The first-order chi connectivity index (χ1) is 5.25. The summed E-state index contributed by atoms with van der Waals surface area (Å²) in [4.78, 5) is 4.17. The Morgan fingerprint density at radius 3 is 2.91 bits per heavy atom. The lowest BCUT2D eigenvalue weighted by Gasteiger charge is -2.03. The molecule has 0 unspecified atom stereocenters. The van der Waals surface area contributed by atoms with Crippen LogP contribution in [0.15, 0.2) is 18.5 Å². The maximum Gasteiger partial charge on any atom is 0.132 e. The number of thiocarbonyl (C=S) groups is 1. The molecule has 0 radical (unpaired) electrons. The maximum atomic E-state index is 5.40. The van der Waals surface area contributed by atoms with Gasteiger partial charge in [0.2, 0.25) is 0 Å². The molecule has 2 N–H and O–H groups in total. The molecule has 0 saturated carbocycles. The fraction of sp³-hybridized carbons (Fsp3) is 0.143. The summed E-state index contributed by atoms with van der Waals surface area (Å²) in [5.74, 6) is 0.660. The van der Waals surface area contributed by atoms with Crippen molar-refractivity contribution in [1.29, 1.82) is 0 Å². The van der Waals surface area contributed by atoms with E-state index >= 15 is 0 Å². The Morgan fingerprint density at radius 2 is 2.45 bits per heavy atom. The van der Waals surface area contributed by atoms with Crippen molar-refractivity contribution >= 4 is 17.2 Å². The Morgan fingerprint density at radius 1 is 1.73 bits per heavy atom. The van der Waals surface area contributed by atoms with E-state index in [0.29, 0.717) is 16.3 Å². The van der Waals surface area contributed by atoms with E-state index in [-0.39, 0.29) is 0 Å². The molecule has 0 aliphatic carbocycles. The van der Waals surface area contributed by atoms with E-state index in [1.54, 1.807) is 25.6 Å². The van der Waals surface area contributed by atoms with Crippen LogP contribution in [0.5, 0.6) is 5.75 Å². The zero-order chi connectivity index (χ0) is 8.27. The Bertz CT molecular complexity index is 275. The summed E-state index contributed by atoms with van der Waals surface area (Å²) in [6.45, 7) is 0. The molecule has 1 heterocycles. The highest BCUT2D eigenvalue weighted by Crippen LogP contribution is 2.14. The molecule has 1 aromatic rings. The highest BCUT2D eigenvalue weighted by molar-refractivity contribution is 7.80. The van der Waals surface area contributed by atoms with Gasteiger partial charge in [0.1, 0.15) is 10.7 Å². The van der Waals surface area contributed by atoms with Crippen molar-refractivity contribution in [3.63, 3.8) is 0 Å². The van der Waals surface area contributed by atoms with E-state index in [0.717, 1.165) is 0 Å². The van der Waals surface area contributed by atoms with Crippen LogP contribution in [0, 0.1) is 0 Å². The van der Waals surface area contributed by atoms with E-state index in [1.807, 2.05) is 0 Å². The molecule has 0 fully saturated rings. The van der Waals surface area contributed by atoms with Gasteiger partial charge in [-0.3, -0.25) is 4.98 Å². The van der Waals surface area contributed by atoms with Gasteiger partial charge in [-0.1, -0.05) is 12.2 Å². The Kier molecular flexibility index (Phi) is 2.38. The summed E-state index contributed by atoms with van der Waals surface area (Å²) in [7, 11) is 1.57. The van der Waals surface area contributed by atoms with E-state index in [9.17, 15) is 0 Å². The molecule has 1 rings (SSSR count). The summed E-state index contributed by atoms with van der Waals surface area (Å²) in [6.07, 6.45) is 3.21. The first kappa shape index (κ1) is 7.94. The zero-order valence-corrected chi connectivity index (χ0v) is 6.89. The van der Waals surface area contributed by atoms with Gasteiger partial charge in [0.25, 0.3) is 0 Å². The second kappa shape index (κ2) is 3.30. The smallest absolute Gasteiger partial charge is 0.132 e. The van der Waals surface area contributed by atoms with Crippen molar-refractivity contribution in [2.75, 3.05) is 7.11 Å². The van der Waals surface area contributed by atoms with Crippen LogP contribution in [0.1, 0.15) is 5.56 Å². The molecule has 0 aliphatic heterocycles. The van der Waals surface area contributed by atoms with Crippen molar-refractivity contribution in [2.24, 2.45) is 5.73 Å². The van der Waals surface area contributed by atoms with Crippen molar-refractivity contribution in [3.05, 3.63) is 24.0 Å². The number of pyridine rings is 1. The molecule has 4 heteroatoms. The normalized spacial score (nSPS) is 9.18. The van der Waals surface area contributed by atoms with Crippen LogP contribution in [-0.2, 0) is 0 Å². The number of hydrogen-bond acceptors (Lipinski definition) is 3. The number of ether oxygens (including phenoxy) is 1. The van der Waals surface area contributed by atoms with Crippen LogP contribution >= 0.6 is 12.2 Å². The fourth-order valence-electron chi connectivity index (χ4n) is 0.745. The SMILES string of the molecule is COc1ccncc1C(N)=S. The van der Waals surface area contributed by atoms with Gasteiger partial charge in [0.15, 0.2) is 0 Å². The monoisotopic (exact) mass is 168 g/mol. The molecule has 0 aromatic carbocycles. The van der Waals surface area contributed by atoms with Crippen LogP contribution in [0.2, 0.25) is 0 Å². The van der Waals surface area contributed by atoms with Gasteiger partial charge < -0.3 is 10.5 Å². The third-order valence-corrected chi connectivity index (χ3v) is 1.49. The molecular formula is C7H8N2OS. The van der Waals surface area contributed by atoms with E-state index in [1.165, 1.54) is 0 Å². The molecule has 58 valence electrons. The molecule has 0 aliphatic rings. The van der Waals surface area contributed by atoms with Crippen LogP contribution in [0.4, 0.5) is 0 Å². The number of methoxy groups -OCH3 is 1. The third-order valence-electron chi connectivity index (χ3n) is 1.27. The van der Waals surface area contributed by atoms with Gasteiger partial charge in [-0.25, -0.2) is 0 Å². The fourth-order valence-corrected chi connectivity index (χ4v) is 0.898. The van der Waals surface area contributed by atoms with Gasteiger partial charge in [-0.15, -0.1) is 0 Å². The molecule has 0 amide bonds. The average molecular weight is 168 g/mol. The molecule has 3 nitrogen and oxygen atoms in total. The number of rotatable bonds is 2. The number of nitrogens with two attached hydrogens (primary N) is 1. The molecule has 0 atom stereocenters. The predicted octanol–water partition coefficient (Wildman–Crippen LogP) is 0.724. The number of nitrogens with zero attached hydrogens (tertiary/aromatic N) is 1. The van der Waals surface area contributed by atoms with Crippen LogP contribution in [-0.4, -0.2) is 17.1 Å². The minimum absolute atomic E-state index is 0.301. The minimum atomic E-state index is 0.301. The lowest BCUT2D eigenvalue weighted by molar-refractivity contribution is 0.413. The van der Waals surface area contributed by atoms with Crippen LogP contribution in [0.3, 0.4) is 0 Å². The lowest BCUT2D eigenvalue weighted by Crippen LogP contribution is -2.11. The molecule has 11 heavy (non-hydrogen) atoms. The second-order valence-corrected chi connectivity index (χ2v) is 2.38. The number of aromatic nitrogens is 1. The van der Waals surface area contributed by atoms with Crippen LogP contribution in [0.25, 0.3) is 0 Å². The van der Waals surface area contributed by atoms with Crippen molar-refractivity contribution in [3.8, 4) is 5.75 Å². The third kappa shape index (κ3) is 1.65. The van der Waals surface area contributed by atoms with Gasteiger partial charge in [0.05, 0.1) is 12.7 Å². The standard InChI is InChI=1S/C7H8N2OS/c1-10-6-2-3-9-4-5(6)7(8)11/h2-4H,1H3,(H2,8,11). The molecular weight excluding hydrogens is 160 g/mol. The lowest BCUT2D eigenvalue weighted by atomic mass is 10.2. The van der Waals surface area contributed by atoms with Crippen molar-refractivity contribution < 1.29 is 4.74 Å². The quantitative estimate of drug-likeness (QED) is 0.661. The first-order valence-electron chi connectivity index (χ1n) is 3.03. The molecule has 0 spiro atoms. The van der Waals surface area contributed by atoms with Gasteiger partial charge >= 0.3 is 0 Å². The summed E-state index contributed by atoms with van der Waals surface area (Å²) in [5, 5.41) is 0. The van der Waals surface area contributed by atoms with Gasteiger partial charge in [0, 0.05) is 12.4 Å². The average Bonchev–Trinajstić information content (AvgIpc) is 2.04. The topological polar surface area (TPSA) is 48.1 Å². The van der Waals surface area contributed by atoms with E-state index in [4.69, 9.17) is 22.7 Å².